The van der Waals surface area contributed by atoms with Crippen LogP contribution >= 0.6 is 11.6 Å². The average Bonchev–Trinajstić information content (AvgIpc) is 2.61. The van der Waals surface area contributed by atoms with Crippen LogP contribution in [0.5, 0.6) is 5.75 Å². The molecule has 2 amide bonds. The highest BCUT2D eigenvalue weighted by Crippen LogP contribution is 2.24. The molecule has 1 aromatic rings. The van der Waals surface area contributed by atoms with Gasteiger partial charge in [0.2, 0.25) is 11.8 Å². The number of hydrogen-bond acceptors (Lipinski definition) is 4. The van der Waals surface area contributed by atoms with Gasteiger partial charge in [-0.25, -0.2) is 0 Å². The van der Waals surface area contributed by atoms with Crippen LogP contribution in [0, 0.1) is 5.41 Å². The number of amides is 2. The highest BCUT2D eigenvalue weighted by Gasteiger charge is 2.23. The van der Waals surface area contributed by atoms with Crippen molar-refractivity contribution in [2.24, 2.45) is 5.41 Å². The van der Waals surface area contributed by atoms with Crippen LogP contribution in [0.3, 0.4) is 0 Å². The second kappa shape index (κ2) is 9.42. The summed E-state index contributed by atoms with van der Waals surface area (Å²) in [5.41, 5.74) is 0.616. The van der Waals surface area contributed by atoms with E-state index < -0.39 is 5.41 Å². The summed E-state index contributed by atoms with van der Waals surface area (Å²) in [4.78, 5) is 28.4. The van der Waals surface area contributed by atoms with E-state index in [2.05, 4.69) is 10.2 Å². The summed E-state index contributed by atoms with van der Waals surface area (Å²) in [7, 11) is 1.65. The van der Waals surface area contributed by atoms with E-state index >= 15 is 0 Å². The molecule has 1 aliphatic heterocycles. The van der Waals surface area contributed by atoms with Crippen molar-refractivity contribution >= 4 is 23.4 Å². The first-order valence-electron chi connectivity index (χ1n) is 9.31. The zero-order valence-corrected chi connectivity index (χ0v) is 17.4. The summed E-state index contributed by atoms with van der Waals surface area (Å²) in [6.45, 7) is 9.69. The number of methoxy groups -OCH3 is 1. The van der Waals surface area contributed by atoms with Crippen molar-refractivity contribution in [3.63, 3.8) is 0 Å². The monoisotopic (exact) mass is 395 g/mol. The fraction of sp³-hybridized carbons (Fsp3) is 0.600. The standard InChI is InChI=1S/C20H30ClN3O3/c1-20(2,3)19(26)22-8-7-18(25)24-11-9-23(10-12-24)14-15-13-16(21)5-6-17(15)27-4/h5-6,13H,7-12,14H2,1-4H3,(H,22,26). The Morgan fingerprint density at radius 2 is 1.85 bits per heavy atom. The third kappa shape index (κ3) is 6.40. The second-order valence-corrected chi connectivity index (χ2v) is 8.31. The van der Waals surface area contributed by atoms with Crippen molar-refractivity contribution in [1.82, 2.24) is 15.1 Å². The summed E-state index contributed by atoms with van der Waals surface area (Å²) >= 11 is 6.10. The van der Waals surface area contributed by atoms with Gasteiger partial charge in [-0.2, -0.15) is 0 Å². The number of hydrogen-bond donors (Lipinski definition) is 1. The highest BCUT2D eigenvalue weighted by molar-refractivity contribution is 6.30. The Morgan fingerprint density at radius 3 is 2.44 bits per heavy atom. The molecule has 7 heteroatoms. The topological polar surface area (TPSA) is 61.9 Å². The number of rotatable bonds is 6. The first-order chi connectivity index (χ1) is 12.7. The molecule has 27 heavy (non-hydrogen) atoms. The molecular formula is C20H30ClN3O3. The Hall–Kier alpha value is -1.79. The molecule has 0 unspecified atom stereocenters. The summed E-state index contributed by atoms with van der Waals surface area (Å²) in [6, 6.07) is 5.62. The molecule has 1 heterocycles. The fourth-order valence-corrected chi connectivity index (χ4v) is 3.17. The second-order valence-electron chi connectivity index (χ2n) is 7.87. The van der Waals surface area contributed by atoms with E-state index in [-0.39, 0.29) is 11.8 Å². The number of carbonyl (C=O) groups excluding carboxylic acids is 2. The molecule has 0 saturated carbocycles. The number of piperazine rings is 1. The number of benzene rings is 1. The first-order valence-corrected chi connectivity index (χ1v) is 9.69. The minimum atomic E-state index is -0.434. The lowest BCUT2D eigenvalue weighted by Gasteiger charge is -2.35. The van der Waals surface area contributed by atoms with Gasteiger partial charge in [0.05, 0.1) is 7.11 Å². The third-order valence-electron chi connectivity index (χ3n) is 4.67. The van der Waals surface area contributed by atoms with Crippen molar-refractivity contribution in [2.45, 2.75) is 33.7 Å². The average molecular weight is 396 g/mol. The molecule has 0 spiro atoms. The maximum atomic E-state index is 12.4. The summed E-state index contributed by atoms with van der Waals surface area (Å²) in [5, 5.41) is 3.52. The van der Waals surface area contributed by atoms with Crippen LogP contribution in [0.2, 0.25) is 5.02 Å². The van der Waals surface area contributed by atoms with Crippen molar-refractivity contribution in [1.29, 1.82) is 0 Å². The van der Waals surface area contributed by atoms with Gasteiger partial charge in [-0.15, -0.1) is 0 Å². The van der Waals surface area contributed by atoms with Crippen LogP contribution in [-0.4, -0.2) is 61.4 Å². The molecule has 0 aliphatic carbocycles. The molecule has 1 N–H and O–H groups in total. The molecule has 1 saturated heterocycles. The number of nitrogens with zero attached hydrogens (tertiary/aromatic N) is 2. The smallest absolute Gasteiger partial charge is 0.225 e. The number of ether oxygens (including phenoxy) is 1. The number of carbonyl (C=O) groups is 2. The lowest BCUT2D eigenvalue weighted by molar-refractivity contribution is -0.133. The molecular weight excluding hydrogens is 366 g/mol. The largest absolute Gasteiger partial charge is 0.496 e. The zero-order chi connectivity index (χ0) is 20.0. The Balaban J connectivity index is 1.77. The fourth-order valence-electron chi connectivity index (χ4n) is 2.97. The van der Waals surface area contributed by atoms with Crippen LogP contribution in [0.25, 0.3) is 0 Å². The van der Waals surface area contributed by atoms with E-state index in [9.17, 15) is 9.59 Å². The van der Waals surface area contributed by atoms with Gasteiger partial charge in [-0.1, -0.05) is 32.4 Å². The minimum Gasteiger partial charge on any atom is -0.496 e. The molecule has 150 valence electrons. The van der Waals surface area contributed by atoms with E-state index in [0.717, 1.165) is 30.9 Å². The van der Waals surface area contributed by atoms with Crippen molar-refractivity contribution in [3.05, 3.63) is 28.8 Å². The maximum absolute atomic E-state index is 12.4. The van der Waals surface area contributed by atoms with E-state index in [0.29, 0.717) is 31.1 Å². The minimum absolute atomic E-state index is 0.0319. The van der Waals surface area contributed by atoms with E-state index in [1.165, 1.54) is 0 Å². The predicted molar refractivity (Wildman–Crippen MR) is 107 cm³/mol. The van der Waals surface area contributed by atoms with Gasteiger partial charge < -0.3 is 15.0 Å². The third-order valence-corrected chi connectivity index (χ3v) is 4.90. The molecule has 0 atom stereocenters. The SMILES string of the molecule is COc1ccc(Cl)cc1CN1CCN(C(=O)CCNC(=O)C(C)(C)C)CC1. The number of halogens is 1. The molecule has 2 rings (SSSR count). The van der Waals surface area contributed by atoms with E-state index in [1.807, 2.05) is 43.9 Å². The van der Waals surface area contributed by atoms with E-state index in [4.69, 9.17) is 16.3 Å². The van der Waals surface area contributed by atoms with Crippen molar-refractivity contribution < 1.29 is 14.3 Å². The van der Waals surface area contributed by atoms with Gasteiger partial charge in [0.15, 0.2) is 0 Å². The van der Waals surface area contributed by atoms with Gasteiger partial charge in [0, 0.05) is 61.7 Å². The van der Waals surface area contributed by atoms with Crippen LogP contribution in [0.4, 0.5) is 0 Å². The van der Waals surface area contributed by atoms with Crippen LogP contribution in [0.1, 0.15) is 32.8 Å². The molecule has 1 aromatic carbocycles. The van der Waals surface area contributed by atoms with Crippen molar-refractivity contribution in [3.8, 4) is 5.75 Å². The van der Waals surface area contributed by atoms with Gasteiger partial charge in [-0.05, 0) is 18.2 Å². The predicted octanol–water partition coefficient (Wildman–Crippen LogP) is 2.55. The Labute approximate surface area is 166 Å². The molecule has 0 radical (unpaired) electrons. The van der Waals surface area contributed by atoms with Gasteiger partial charge in [-0.3, -0.25) is 14.5 Å². The summed E-state index contributed by atoms with van der Waals surface area (Å²) in [6.07, 6.45) is 0.337. The zero-order valence-electron chi connectivity index (χ0n) is 16.7. The van der Waals surface area contributed by atoms with Gasteiger partial charge in [0.25, 0.3) is 0 Å². The molecule has 6 nitrogen and oxygen atoms in total. The van der Waals surface area contributed by atoms with E-state index in [1.54, 1.807) is 7.11 Å². The van der Waals surface area contributed by atoms with Gasteiger partial charge >= 0.3 is 0 Å². The van der Waals surface area contributed by atoms with Crippen LogP contribution in [0.15, 0.2) is 18.2 Å². The van der Waals surface area contributed by atoms with Gasteiger partial charge in [0.1, 0.15) is 5.75 Å². The Kier molecular flexibility index (Phi) is 7.50. The number of nitrogens with one attached hydrogen (secondary N) is 1. The highest BCUT2D eigenvalue weighted by atomic mass is 35.5. The Bertz CT molecular complexity index is 665. The normalized spacial score (nSPS) is 15.5. The molecule has 1 fully saturated rings. The summed E-state index contributed by atoms with van der Waals surface area (Å²) in [5.74, 6) is 0.882. The van der Waals surface area contributed by atoms with Crippen molar-refractivity contribution in [2.75, 3.05) is 39.8 Å². The van der Waals surface area contributed by atoms with Crippen LogP contribution in [-0.2, 0) is 16.1 Å². The maximum Gasteiger partial charge on any atom is 0.225 e. The Morgan fingerprint density at radius 1 is 1.19 bits per heavy atom. The first kappa shape index (κ1) is 21.5. The lowest BCUT2D eigenvalue weighted by Crippen LogP contribution is -2.49. The lowest BCUT2D eigenvalue weighted by atomic mass is 9.96. The van der Waals surface area contributed by atoms with Crippen LogP contribution < -0.4 is 10.1 Å². The molecule has 1 aliphatic rings. The molecule has 0 bridgehead atoms. The quantitative estimate of drug-likeness (QED) is 0.804. The summed E-state index contributed by atoms with van der Waals surface area (Å²) < 4.78 is 5.40. The molecule has 0 aromatic heterocycles.